The van der Waals surface area contributed by atoms with Gasteiger partial charge in [0.05, 0.1) is 0 Å². The van der Waals surface area contributed by atoms with Gasteiger partial charge in [-0.05, 0) is 35.7 Å². The third-order valence-electron chi connectivity index (χ3n) is 3.28. The minimum Gasteiger partial charge on any atom is -0.146 e. The summed E-state index contributed by atoms with van der Waals surface area (Å²) in [5, 5.41) is 0. The monoisotopic (exact) mass is 289 g/mol. The molecule has 1 unspecified atom stereocenters. The van der Waals surface area contributed by atoms with Crippen LogP contribution in [-0.2, 0) is 9.09 Å². The van der Waals surface area contributed by atoms with Gasteiger partial charge >= 0.3 is 8.03 Å². The van der Waals surface area contributed by atoms with E-state index in [1.165, 1.54) is 38.5 Å². The van der Waals surface area contributed by atoms with Crippen LogP contribution in [0, 0.1) is 11.8 Å². The fourth-order valence-electron chi connectivity index (χ4n) is 2.03. The van der Waals surface area contributed by atoms with Crippen LogP contribution in [0.15, 0.2) is 0 Å². The first kappa shape index (κ1) is 19.1. The molecule has 19 heavy (non-hydrogen) atoms. The summed E-state index contributed by atoms with van der Waals surface area (Å²) < 4.78 is 17.0. The molecular weight excluding hydrogens is 255 g/mol. The molecule has 0 saturated carbocycles. The van der Waals surface area contributed by atoms with Crippen LogP contribution in [0.3, 0.4) is 0 Å². The third kappa shape index (κ3) is 16.0. The van der Waals surface area contributed by atoms with Crippen molar-refractivity contribution in [2.24, 2.45) is 11.8 Å². The summed E-state index contributed by atoms with van der Waals surface area (Å²) >= 11 is 0. The fourth-order valence-corrected chi connectivity index (χ4v) is 2.98. The topological polar surface area (TPSA) is 26.3 Å². The van der Waals surface area contributed by atoms with Crippen LogP contribution >= 0.6 is 8.03 Å². The van der Waals surface area contributed by atoms with Crippen LogP contribution in [0.25, 0.3) is 0 Å². The first-order chi connectivity index (χ1) is 9.02. The van der Waals surface area contributed by atoms with Gasteiger partial charge < -0.3 is 0 Å². The van der Waals surface area contributed by atoms with E-state index in [4.69, 9.17) is 4.52 Å². The minimum atomic E-state index is -1.40. The number of hydrogen-bond donors (Lipinski definition) is 0. The third-order valence-corrected chi connectivity index (χ3v) is 4.44. The lowest BCUT2D eigenvalue weighted by Gasteiger charge is -2.02. The van der Waals surface area contributed by atoms with Gasteiger partial charge in [-0.25, -0.2) is 0 Å². The Labute approximate surface area is 121 Å². The van der Waals surface area contributed by atoms with Gasteiger partial charge in [0, 0.05) is 0 Å². The second-order valence-electron chi connectivity index (χ2n) is 6.38. The maximum atomic E-state index is 11.6. The lowest BCUT2D eigenvalue weighted by molar-refractivity contribution is 0.313. The summed E-state index contributed by atoms with van der Waals surface area (Å²) in [6.07, 6.45) is 10.4. The minimum absolute atomic E-state index is 0.680. The number of hydrogen-bond acceptors (Lipinski definition) is 2. The van der Waals surface area contributed by atoms with Crippen molar-refractivity contribution < 1.29 is 9.09 Å². The zero-order valence-corrected chi connectivity index (χ0v) is 14.4. The van der Waals surface area contributed by atoms with Crippen LogP contribution in [0.5, 0.6) is 0 Å². The van der Waals surface area contributed by atoms with Gasteiger partial charge in [-0.3, -0.25) is 0 Å². The van der Waals surface area contributed by atoms with E-state index in [9.17, 15) is 4.57 Å². The summed E-state index contributed by atoms with van der Waals surface area (Å²) in [4.78, 5) is 0. The Morgan fingerprint density at radius 2 is 1.32 bits per heavy atom. The zero-order chi connectivity index (χ0) is 14.5. The van der Waals surface area contributed by atoms with Crippen LogP contribution < -0.4 is 0 Å². The molecule has 0 spiro atoms. The zero-order valence-electron chi connectivity index (χ0n) is 13.5. The van der Waals surface area contributed by atoms with Crippen molar-refractivity contribution in [1.29, 1.82) is 0 Å². The Hall–Kier alpha value is 0.0600. The molecule has 1 atom stereocenters. The van der Waals surface area contributed by atoms with E-state index in [2.05, 4.69) is 27.7 Å². The van der Waals surface area contributed by atoms with Gasteiger partial charge in [-0.15, -0.1) is 4.52 Å². The SMILES string of the molecule is CC(C)CCCCCO[P+](=O)CCCCCC(C)C. The molecule has 0 saturated heterocycles. The van der Waals surface area contributed by atoms with Gasteiger partial charge in [0.2, 0.25) is 0 Å². The number of rotatable bonds is 13. The molecule has 114 valence electrons. The molecule has 0 aliphatic heterocycles. The molecule has 3 heteroatoms. The molecule has 2 nitrogen and oxygen atoms in total. The predicted molar refractivity (Wildman–Crippen MR) is 85.0 cm³/mol. The maximum Gasteiger partial charge on any atom is 0.508 e. The van der Waals surface area contributed by atoms with Crippen LogP contribution in [0.1, 0.15) is 79.1 Å². The Morgan fingerprint density at radius 3 is 1.84 bits per heavy atom. The van der Waals surface area contributed by atoms with Crippen LogP contribution in [-0.4, -0.2) is 12.8 Å². The highest BCUT2D eigenvalue weighted by Crippen LogP contribution is 2.25. The van der Waals surface area contributed by atoms with Crippen molar-refractivity contribution in [3.05, 3.63) is 0 Å². The predicted octanol–water partition coefficient (Wildman–Crippen LogP) is 6.18. The molecule has 0 rings (SSSR count). The van der Waals surface area contributed by atoms with E-state index in [1.807, 2.05) is 0 Å². The molecule has 0 aliphatic rings. The largest absolute Gasteiger partial charge is 0.508 e. The molecule has 0 aliphatic carbocycles. The fraction of sp³-hybridized carbons (Fsp3) is 1.00. The van der Waals surface area contributed by atoms with Crippen molar-refractivity contribution in [3.63, 3.8) is 0 Å². The average Bonchev–Trinajstić information content (AvgIpc) is 2.32. The molecule has 0 radical (unpaired) electrons. The van der Waals surface area contributed by atoms with E-state index < -0.39 is 8.03 Å². The lowest BCUT2D eigenvalue weighted by atomic mass is 10.1. The first-order valence-corrected chi connectivity index (χ1v) is 9.46. The Balaban J connectivity index is 3.21. The van der Waals surface area contributed by atoms with Crippen molar-refractivity contribution in [2.45, 2.75) is 79.1 Å². The van der Waals surface area contributed by atoms with Crippen molar-refractivity contribution in [1.82, 2.24) is 0 Å². The first-order valence-electron chi connectivity index (χ1n) is 8.10. The van der Waals surface area contributed by atoms with Crippen molar-refractivity contribution in [2.75, 3.05) is 12.8 Å². The van der Waals surface area contributed by atoms with Gasteiger partial charge in [0.15, 0.2) is 6.16 Å². The second-order valence-corrected chi connectivity index (χ2v) is 7.75. The van der Waals surface area contributed by atoms with E-state index in [0.717, 1.165) is 30.8 Å². The standard InChI is InChI=1S/C16H34O2P/c1-15(2)11-7-5-9-13-18-19(17)14-10-6-8-12-16(3)4/h15-16H,5-14H2,1-4H3/q+1. The molecule has 0 fully saturated rings. The second kappa shape index (κ2) is 13.1. The van der Waals surface area contributed by atoms with Gasteiger partial charge in [-0.1, -0.05) is 59.8 Å². The summed E-state index contributed by atoms with van der Waals surface area (Å²) in [7, 11) is -1.40. The average molecular weight is 289 g/mol. The smallest absolute Gasteiger partial charge is 0.146 e. The Kier molecular flexibility index (Phi) is 13.1. The molecule has 0 aromatic carbocycles. The normalized spacial score (nSPS) is 12.4. The molecule has 0 aromatic rings. The van der Waals surface area contributed by atoms with E-state index in [0.29, 0.717) is 6.61 Å². The van der Waals surface area contributed by atoms with E-state index in [-0.39, 0.29) is 0 Å². The van der Waals surface area contributed by atoms with Gasteiger partial charge in [0.25, 0.3) is 0 Å². The lowest BCUT2D eigenvalue weighted by Crippen LogP contribution is -1.92. The Morgan fingerprint density at radius 1 is 0.789 bits per heavy atom. The van der Waals surface area contributed by atoms with Crippen molar-refractivity contribution >= 4 is 8.03 Å². The Bertz CT molecular complexity index is 215. The van der Waals surface area contributed by atoms with Crippen LogP contribution in [0.2, 0.25) is 0 Å². The van der Waals surface area contributed by atoms with E-state index in [1.54, 1.807) is 0 Å². The highest BCUT2D eigenvalue weighted by molar-refractivity contribution is 7.39. The quantitative estimate of drug-likeness (QED) is 0.299. The van der Waals surface area contributed by atoms with Crippen molar-refractivity contribution in [3.8, 4) is 0 Å². The highest BCUT2D eigenvalue weighted by atomic mass is 31.1. The van der Waals surface area contributed by atoms with E-state index >= 15 is 0 Å². The highest BCUT2D eigenvalue weighted by Gasteiger charge is 2.15. The number of unbranched alkanes of at least 4 members (excludes halogenated alkanes) is 4. The van der Waals surface area contributed by atoms with Gasteiger partial charge in [-0.2, -0.15) is 0 Å². The molecule has 0 amide bonds. The summed E-state index contributed by atoms with van der Waals surface area (Å²) in [6, 6.07) is 0. The van der Waals surface area contributed by atoms with Gasteiger partial charge in [0.1, 0.15) is 6.61 Å². The molecular formula is C16H34O2P+. The molecule has 0 aromatic heterocycles. The van der Waals surface area contributed by atoms with Crippen LogP contribution in [0.4, 0.5) is 0 Å². The molecule has 0 bridgehead atoms. The maximum absolute atomic E-state index is 11.6. The summed E-state index contributed by atoms with van der Waals surface area (Å²) in [5.41, 5.74) is 0. The molecule has 0 heterocycles. The summed E-state index contributed by atoms with van der Waals surface area (Å²) in [5.74, 6) is 1.58. The molecule has 0 N–H and O–H groups in total. The summed E-state index contributed by atoms with van der Waals surface area (Å²) in [6.45, 7) is 9.70.